The minimum Gasteiger partial charge on any atom is -0.493 e. The fraction of sp³-hybridized carbons (Fsp3) is 0.295. The van der Waals surface area contributed by atoms with Crippen molar-refractivity contribution in [2.75, 3.05) is 51.4 Å². The van der Waals surface area contributed by atoms with E-state index < -0.39 is 0 Å². The fourth-order valence-electron chi connectivity index (χ4n) is 5.65. The minimum absolute atomic E-state index is 0.222. The van der Waals surface area contributed by atoms with Crippen LogP contribution in [0.15, 0.2) is 109 Å². The van der Waals surface area contributed by atoms with Gasteiger partial charge in [-0.05, 0) is 133 Å². The molecule has 0 saturated carbocycles. The first-order valence-electron chi connectivity index (χ1n) is 18.5. The molecule has 0 spiro atoms. The number of anilines is 1. The Kier molecular flexibility index (Phi) is 15.1. The van der Waals surface area contributed by atoms with Gasteiger partial charge in [0.2, 0.25) is 0 Å². The zero-order valence-corrected chi connectivity index (χ0v) is 30.7. The highest BCUT2D eigenvalue weighted by molar-refractivity contribution is 6.05. The van der Waals surface area contributed by atoms with Gasteiger partial charge in [-0.25, -0.2) is 0 Å². The third-order valence-corrected chi connectivity index (χ3v) is 8.49. The number of nitrogens with one attached hydrogen (secondary N) is 1. The molecule has 53 heavy (non-hydrogen) atoms. The summed E-state index contributed by atoms with van der Waals surface area (Å²) in [5.41, 5.74) is 24.0. The van der Waals surface area contributed by atoms with Crippen LogP contribution < -0.4 is 41.5 Å². The second kappa shape index (κ2) is 20.6. The Balaban J connectivity index is 1.56. The number of hydrogen-bond acceptors (Lipinski definition) is 8. The average molecular weight is 717 g/mol. The summed E-state index contributed by atoms with van der Waals surface area (Å²) in [6.45, 7) is 5.75. The summed E-state index contributed by atoms with van der Waals surface area (Å²) < 4.78 is 24.5. The van der Waals surface area contributed by atoms with Gasteiger partial charge in [0.25, 0.3) is 5.91 Å². The van der Waals surface area contributed by atoms with Crippen molar-refractivity contribution in [3.63, 3.8) is 0 Å². The molecule has 0 bridgehead atoms. The van der Waals surface area contributed by atoms with E-state index >= 15 is 0 Å². The average Bonchev–Trinajstić information content (AvgIpc) is 3.18. The molecular formula is C44H52N4O5. The second-order valence-electron chi connectivity index (χ2n) is 12.8. The molecule has 0 fully saturated rings. The van der Waals surface area contributed by atoms with Crippen LogP contribution in [0.3, 0.4) is 0 Å². The molecular weight excluding hydrogens is 665 g/mol. The van der Waals surface area contributed by atoms with Crippen LogP contribution in [0.5, 0.6) is 23.0 Å². The topological polar surface area (TPSA) is 144 Å². The summed E-state index contributed by atoms with van der Waals surface area (Å²) in [5.74, 6) is 2.49. The molecule has 9 nitrogen and oxygen atoms in total. The van der Waals surface area contributed by atoms with Crippen LogP contribution in [0.25, 0.3) is 33.4 Å². The molecule has 0 aliphatic heterocycles. The van der Waals surface area contributed by atoms with Crippen LogP contribution in [0.4, 0.5) is 5.69 Å². The summed E-state index contributed by atoms with van der Waals surface area (Å²) in [5, 5.41) is 3.16. The van der Waals surface area contributed by atoms with Crippen LogP contribution in [0, 0.1) is 0 Å². The van der Waals surface area contributed by atoms with Crippen molar-refractivity contribution in [1.82, 2.24) is 0 Å². The van der Waals surface area contributed by atoms with E-state index in [1.165, 1.54) is 0 Å². The Hall–Kier alpha value is -5.35. The zero-order chi connectivity index (χ0) is 37.3. The van der Waals surface area contributed by atoms with Gasteiger partial charge in [-0.3, -0.25) is 4.79 Å². The highest BCUT2D eigenvalue weighted by atomic mass is 16.5. The fourth-order valence-corrected chi connectivity index (χ4v) is 5.65. The summed E-state index contributed by atoms with van der Waals surface area (Å²) in [4.78, 5) is 13.7. The van der Waals surface area contributed by atoms with E-state index in [9.17, 15) is 4.79 Å². The van der Waals surface area contributed by atoms with Crippen LogP contribution in [-0.2, 0) is 0 Å². The van der Waals surface area contributed by atoms with Gasteiger partial charge in [0.15, 0.2) is 0 Å². The summed E-state index contributed by atoms with van der Waals surface area (Å²) in [7, 11) is 0. The molecule has 5 aromatic carbocycles. The lowest BCUT2D eigenvalue weighted by molar-refractivity contribution is 0.102. The number of ether oxygens (including phenoxy) is 4. The Morgan fingerprint density at radius 3 is 1.34 bits per heavy atom. The molecule has 0 atom stereocenters. The van der Waals surface area contributed by atoms with E-state index in [0.29, 0.717) is 80.3 Å². The predicted octanol–water partition coefficient (Wildman–Crippen LogP) is 8.30. The van der Waals surface area contributed by atoms with E-state index in [-0.39, 0.29) is 5.91 Å². The standard InChI is InChI=1S/C44H52N4O5/c1-2-3-19-50-40-26-37(27-41(30-40)51-20-7-16-45)35-23-36(38-28-42(52-21-8-17-46)31-43(29-38)53-22-9-18-47)25-39(24-35)48-44(49)34-14-12-33(13-15-34)32-10-5-4-6-11-32/h4-6,10-15,23-31H,2-3,7-9,16-22,45-47H2,1H3,(H,48,49). The summed E-state index contributed by atoms with van der Waals surface area (Å²) in [6.07, 6.45) is 4.13. The lowest BCUT2D eigenvalue weighted by Gasteiger charge is -2.16. The van der Waals surface area contributed by atoms with Crippen molar-refractivity contribution in [3.05, 3.63) is 115 Å². The smallest absolute Gasteiger partial charge is 0.255 e. The highest BCUT2D eigenvalue weighted by Crippen LogP contribution is 2.37. The molecule has 0 saturated heterocycles. The summed E-state index contributed by atoms with van der Waals surface area (Å²) >= 11 is 0. The number of nitrogens with two attached hydrogens (primary N) is 3. The summed E-state index contributed by atoms with van der Waals surface area (Å²) in [6, 6.07) is 35.5. The van der Waals surface area contributed by atoms with E-state index in [1.807, 2.05) is 103 Å². The molecule has 9 heteroatoms. The molecule has 0 heterocycles. The van der Waals surface area contributed by atoms with Gasteiger partial charge in [-0.2, -0.15) is 0 Å². The number of carbonyl (C=O) groups excluding carboxylic acids is 1. The Labute approximate surface area is 313 Å². The van der Waals surface area contributed by atoms with Crippen molar-refractivity contribution < 1.29 is 23.7 Å². The molecule has 1 amide bonds. The Morgan fingerprint density at radius 1 is 0.491 bits per heavy atom. The number of rotatable bonds is 21. The Bertz CT molecular complexity index is 1740. The van der Waals surface area contributed by atoms with Crippen molar-refractivity contribution in [2.45, 2.75) is 39.0 Å². The minimum atomic E-state index is -0.222. The van der Waals surface area contributed by atoms with E-state index in [1.54, 1.807) is 0 Å². The molecule has 5 rings (SSSR count). The molecule has 0 radical (unpaired) electrons. The predicted molar refractivity (Wildman–Crippen MR) is 215 cm³/mol. The zero-order valence-electron chi connectivity index (χ0n) is 30.7. The van der Waals surface area contributed by atoms with Gasteiger partial charge in [0.1, 0.15) is 23.0 Å². The van der Waals surface area contributed by atoms with E-state index in [0.717, 1.165) is 65.5 Å². The maximum Gasteiger partial charge on any atom is 0.255 e. The molecule has 278 valence electrons. The largest absolute Gasteiger partial charge is 0.493 e. The third kappa shape index (κ3) is 11.8. The Morgan fingerprint density at radius 2 is 0.906 bits per heavy atom. The van der Waals surface area contributed by atoms with E-state index in [2.05, 4.69) is 18.3 Å². The normalized spacial score (nSPS) is 10.9. The molecule has 0 aliphatic carbocycles. The highest BCUT2D eigenvalue weighted by Gasteiger charge is 2.14. The SMILES string of the molecule is CCCCOc1cc(OCCCN)cc(-c2cc(NC(=O)c3ccc(-c4ccccc4)cc3)cc(-c3cc(OCCCN)cc(OCCCN)c3)c2)c1. The van der Waals surface area contributed by atoms with Crippen LogP contribution in [-0.4, -0.2) is 52.0 Å². The van der Waals surface area contributed by atoms with Crippen LogP contribution in [0.1, 0.15) is 49.4 Å². The van der Waals surface area contributed by atoms with Crippen LogP contribution >= 0.6 is 0 Å². The maximum absolute atomic E-state index is 13.7. The molecule has 0 aliphatic rings. The van der Waals surface area contributed by atoms with Crippen molar-refractivity contribution in [2.24, 2.45) is 17.2 Å². The lowest BCUT2D eigenvalue weighted by Crippen LogP contribution is -2.12. The van der Waals surface area contributed by atoms with E-state index in [4.69, 9.17) is 36.1 Å². The number of benzene rings is 5. The molecule has 5 aromatic rings. The van der Waals surface area contributed by atoms with Gasteiger partial charge in [-0.1, -0.05) is 55.8 Å². The molecule has 0 unspecified atom stereocenters. The van der Waals surface area contributed by atoms with Crippen LogP contribution in [0.2, 0.25) is 0 Å². The first-order chi connectivity index (χ1) is 26.0. The number of amides is 1. The van der Waals surface area contributed by atoms with Crippen molar-refractivity contribution in [3.8, 4) is 56.4 Å². The van der Waals surface area contributed by atoms with Gasteiger partial charge in [-0.15, -0.1) is 0 Å². The number of hydrogen-bond donors (Lipinski definition) is 4. The maximum atomic E-state index is 13.7. The number of carbonyl (C=O) groups is 1. The lowest BCUT2D eigenvalue weighted by atomic mass is 9.97. The van der Waals surface area contributed by atoms with Gasteiger partial charge < -0.3 is 41.5 Å². The quantitative estimate of drug-likeness (QED) is 0.0556. The second-order valence-corrected chi connectivity index (χ2v) is 12.8. The van der Waals surface area contributed by atoms with Gasteiger partial charge >= 0.3 is 0 Å². The van der Waals surface area contributed by atoms with Gasteiger partial charge in [0.05, 0.1) is 26.4 Å². The van der Waals surface area contributed by atoms with Crippen molar-refractivity contribution in [1.29, 1.82) is 0 Å². The third-order valence-electron chi connectivity index (χ3n) is 8.49. The van der Waals surface area contributed by atoms with Gasteiger partial charge in [0, 0.05) is 23.4 Å². The van der Waals surface area contributed by atoms with Crippen molar-refractivity contribution >= 4 is 11.6 Å². The first kappa shape index (κ1) is 38.9. The molecule has 7 N–H and O–H groups in total. The molecule has 0 aromatic heterocycles. The number of unbranched alkanes of at least 4 members (excludes halogenated alkanes) is 1. The monoisotopic (exact) mass is 716 g/mol. The first-order valence-corrected chi connectivity index (χ1v) is 18.5.